The first-order valence-corrected chi connectivity index (χ1v) is 3.19. The fourth-order valence-corrected chi connectivity index (χ4v) is 1.25. The third-order valence-corrected chi connectivity index (χ3v) is 1.75. The molecule has 0 aliphatic carbocycles. The van der Waals surface area contributed by atoms with Crippen molar-refractivity contribution in [3.8, 4) is 0 Å². The molecule has 0 amide bonds. The highest BCUT2D eigenvalue weighted by molar-refractivity contribution is 8.00. The average Bonchev–Trinajstić information content (AvgIpc) is 1.86. The number of thioether (sulfide) groups is 1. The van der Waals surface area contributed by atoms with Crippen LogP contribution in [0.2, 0.25) is 0 Å². The molecule has 0 saturated heterocycles. The van der Waals surface area contributed by atoms with Gasteiger partial charge < -0.3 is 0 Å². The lowest BCUT2D eigenvalue weighted by molar-refractivity contribution is 1.42. The maximum absolute atomic E-state index is 5.44. The van der Waals surface area contributed by atoms with Gasteiger partial charge in [0.15, 0.2) is 0 Å². The minimum absolute atomic E-state index is 0.764. The smallest absolute Gasteiger partial charge is 0.111 e. The van der Waals surface area contributed by atoms with E-state index in [1.54, 1.807) is 11.8 Å². The highest BCUT2D eigenvalue weighted by Crippen LogP contribution is 2.10. The molecule has 3 heteroatoms. The lowest BCUT2D eigenvalue weighted by atomic mass is 10.9. The van der Waals surface area contributed by atoms with E-state index in [4.69, 9.17) is 11.6 Å². The van der Waals surface area contributed by atoms with Gasteiger partial charge >= 0.3 is 0 Å². The first-order chi connectivity index (χ1) is 2.89. The largest absolute Gasteiger partial charge is 0.266 e. The minimum atomic E-state index is 0.764. The van der Waals surface area contributed by atoms with Crippen molar-refractivity contribution >= 4 is 28.5 Å². The Kier molecular flexibility index (Phi) is 1.37. The summed E-state index contributed by atoms with van der Waals surface area (Å²) >= 11 is 7.19. The van der Waals surface area contributed by atoms with Gasteiger partial charge in [0.1, 0.15) is 5.17 Å². The minimum Gasteiger partial charge on any atom is -0.266 e. The Balaban J connectivity index is 2.45. The zero-order valence-corrected chi connectivity index (χ0v) is 4.72. The van der Waals surface area contributed by atoms with Gasteiger partial charge in [0.25, 0.3) is 0 Å². The van der Waals surface area contributed by atoms with Crippen LogP contribution in [-0.4, -0.2) is 16.8 Å². The van der Waals surface area contributed by atoms with Crippen LogP contribution in [0, 0.1) is 0 Å². The van der Waals surface area contributed by atoms with Crippen LogP contribution >= 0.6 is 23.4 Å². The summed E-state index contributed by atoms with van der Waals surface area (Å²) in [5, 5.41) is 0.764. The molecule has 1 aliphatic rings. The van der Waals surface area contributed by atoms with E-state index in [9.17, 15) is 0 Å². The Hall–Kier alpha value is 0.310. The Morgan fingerprint density at radius 2 is 2.67 bits per heavy atom. The van der Waals surface area contributed by atoms with Crippen LogP contribution in [0.4, 0.5) is 0 Å². The van der Waals surface area contributed by atoms with E-state index in [2.05, 4.69) is 4.99 Å². The van der Waals surface area contributed by atoms with Crippen molar-refractivity contribution in [2.75, 3.05) is 11.6 Å². The molecule has 0 N–H and O–H groups in total. The Morgan fingerprint density at radius 1 is 1.83 bits per heavy atom. The zero-order valence-electron chi connectivity index (χ0n) is 3.15. The molecule has 0 aromatic carbocycles. The molecule has 0 unspecified atom stereocenters. The molecular formula is C3H4ClNS. The van der Waals surface area contributed by atoms with Gasteiger partial charge in [0.05, 0.1) is 5.88 Å². The lowest BCUT2D eigenvalue weighted by Gasteiger charge is -1.73. The summed E-state index contributed by atoms with van der Waals surface area (Å²) < 4.78 is 0. The number of halogens is 1. The predicted octanol–water partition coefficient (Wildman–Crippen LogP) is 1.33. The standard InChI is InChI=1S/C3H4ClNS/c4-3-1-6-2-5-3/h1-2H2. The summed E-state index contributed by atoms with van der Waals surface area (Å²) in [6.07, 6.45) is 0. The van der Waals surface area contributed by atoms with Gasteiger partial charge in [-0.15, -0.1) is 11.8 Å². The zero-order chi connectivity index (χ0) is 4.41. The van der Waals surface area contributed by atoms with Gasteiger partial charge in [-0.25, -0.2) is 0 Å². The van der Waals surface area contributed by atoms with Crippen molar-refractivity contribution in [1.29, 1.82) is 0 Å². The molecule has 0 aromatic rings. The van der Waals surface area contributed by atoms with Gasteiger partial charge in [-0.2, -0.15) is 0 Å². The number of rotatable bonds is 0. The summed E-state index contributed by atoms with van der Waals surface area (Å²) in [6.45, 7) is 0. The molecule has 1 nitrogen and oxygen atoms in total. The molecule has 0 fully saturated rings. The first kappa shape index (κ1) is 4.47. The Bertz CT molecular complexity index is 80.9. The number of hydrogen-bond acceptors (Lipinski definition) is 2. The average molecular weight is 122 g/mol. The SMILES string of the molecule is ClC1=NCSC1. The maximum atomic E-state index is 5.44. The third-order valence-electron chi connectivity index (χ3n) is 0.549. The molecule has 0 aromatic heterocycles. The molecule has 0 atom stereocenters. The summed E-state index contributed by atoms with van der Waals surface area (Å²) in [6, 6.07) is 0. The quantitative estimate of drug-likeness (QED) is 0.471. The van der Waals surface area contributed by atoms with Crippen LogP contribution in [0.25, 0.3) is 0 Å². The van der Waals surface area contributed by atoms with Crippen molar-refractivity contribution in [2.45, 2.75) is 0 Å². The maximum Gasteiger partial charge on any atom is 0.111 e. The Labute approximate surface area is 45.8 Å². The monoisotopic (exact) mass is 121 g/mol. The molecule has 0 spiro atoms. The van der Waals surface area contributed by atoms with E-state index < -0.39 is 0 Å². The normalized spacial score (nSPS) is 21.2. The van der Waals surface area contributed by atoms with Crippen LogP contribution in [0.3, 0.4) is 0 Å². The van der Waals surface area contributed by atoms with Crippen LogP contribution in [0.5, 0.6) is 0 Å². The second-order valence-electron chi connectivity index (χ2n) is 1.01. The molecule has 1 aliphatic heterocycles. The van der Waals surface area contributed by atoms with Gasteiger partial charge in [-0.3, -0.25) is 4.99 Å². The summed E-state index contributed by atoms with van der Waals surface area (Å²) in [7, 11) is 0. The summed E-state index contributed by atoms with van der Waals surface area (Å²) in [5.74, 6) is 1.78. The number of nitrogens with zero attached hydrogens (tertiary/aromatic N) is 1. The van der Waals surface area contributed by atoms with Crippen molar-refractivity contribution in [3.05, 3.63) is 0 Å². The second kappa shape index (κ2) is 1.85. The van der Waals surface area contributed by atoms with Crippen LogP contribution in [0.1, 0.15) is 0 Å². The second-order valence-corrected chi connectivity index (χ2v) is 2.40. The summed E-state index contributed by atoms with van der Waals surface area (Å²) in [4.78, 5) is 3.88. The lowest BCUT2D eigenvalue weighted by Crippen LogP contribution is -1.79. The van der Waals surface area contributed by atoms with Crippen LogP contribution in [-0.2, 0) is 0 Å². The molecule has 0 radical (unpaired) electrons. The molecule has 34 valence electrons. The van der Waals surface area contributed by atoms with Crippen molar-refractivity contribution < 1.29 is 0 Å². The van der Waals surface area contributed by atoms with Gasteiger partial charge in [-0.1, -0.05) is 11.6 Å². The fourth-order valence-electron chi connectivity index (χ4n) is 0.291. The van der Waals surface area contributed by atoms with Crippen molar-refractivity contribution in [2.24, 2.45) is 4.99 Å². The van der Waals surface area contributed by atoms with Crippen molar-refractivity contribution in [3.63, 3.8) is 0 Å². The first-order valence-electron chi connectivity index (χ1n) is 1.66. The van der Waals surface area contributed by atoms with Crippen LogP contribution < -0.4 is 0 Å². The number of hydrogen-bond donors (Lipinski definition) is 0. The van der Waals surface area contributed by atoms with Crippen LogP contribution in [0.15, 0.2) is 4.99 Å². The highest BCUT2D eigenvalue weighted by Gasteiger charge is 1.99. The fraction of sp³-hybridized carbons (Fsp3) is 0.667. The predicted molar refractivity (Wildman–Crippen MR) is 30.6 cm³/mol. The highest BCUT2D eigenvalue weighted by atomic mass is 35.5. The molecule has 0 saturated carbocycles. The van der Waals surface area contributed by atoms with Crippen molar-refractivity contribution in [1.82, 2.24) is 0 Å². The van der Waals surface area contributed by atoms with Gasteiger partial charge in [-0.05, 0) is 0 Å². The number of aliphatic imine (C=N–C) groups is 1. The summed E-state index contributed by atoms with van der Waals surface area (Å²) in [5.41, 5.74) is 0. The van der Waals surface area contributed by atoms with Gasteiger partial charge in [0, 0.05) is 5.75 Å². The molecule has 0 bridgehead atoms. The molecule has 1 heterocycles. The van der Waals surface area contributed by atoms with E-state index in [-0.39, 0.29) is 0 Å². The topological polar surface area (TPSA) is 12.4 Å². The molecule has 6 heavy (non-hydrogen) atoms. The van der Waals surface area contributed by atoms with E-state index in [1.165, 1.54) is 0 Å². The Morgan fingerprint density at radius 3 is 2.83 bits per heavy atom. The molecular weight excluding hydrogens is 118 g/mol. The molecule has 1 rings (SSSR count). The van der Waals surface area contributed by atoms with E-state index in [1.807, 2.05) is 0 Å². The van der Waals surface area contributed by atoms with E-state index in [0.29, 0.717) is 0 Å². The third kappa shape index (κ3) is 0.884. The van der Waals surface area contributed by atoms with E-state index >= 15 is 0 Å². The van der Waals surface area contributed by atoms with E-state index in [0.717, 1.165) is 16.8 Å². The van der Waals surface area contributed by atoms with Gasteiger partial charge in [0.2, 0.25) is 0 Å².